The fraction of sp³-hybridized carbons (Fsp3) is 0.400. The summed E-state index contributed by atoms with van der Waals surface area (Å²) in [5.74, 6) is -6.28. The summed E-state index contributed by atoms with van der Waals surface area (Å²) in [6, 6.07) is 6.57. The maximum Gasteiger partial charge on any atom is 0.416 e. The number of hydrazine groups is 1. The summed E-state index contributed by atoms with van der Waals surface area (Å²) < 4.78 is 88.2. The largest absolute Gasteiger partial charge is 0.509 e. The standard InChI is InChI=1S/C35H34F5N7O6/c1-34-8-3-9-47(34)46(19-20-4-7-25(29(37)28(20)36)53-15-12-45-10-13-52-14-11-45)33(50)27(30(34)48)31(49)43-24-6-5-21(35(38,39)40)16-22(24)23-18-42-26(17-41)44-32(23)51-2/h4-7,16,18,48H,3,8-15,19H2,1-2H3,(H,43,49)/t34-/m1/s1. The number of carbonyl (C=O) groups excluding carboxylic acids is 2. The number of aromatic nitrogens is 2. The van der Waals surface area contributed by atoms with Gasteiger partial charge in [-0.2, -0.15) is 27.8 Å². The number of benzene rings is 2. The summed E-state index contributed by atoms with van der Waals surface area (Å²) in [7, 11) is 1.17. The summed E-state index contributed by atoms with van der Waals surface area (Å²) in [6.07, 6.45) is -3.02. The molecule has 13 nitrogen and oxygen atoms in total. The molecule has 0 unspecified atom stereocenters. The first-order valence-electron chi connectivity index (χ1n) is 16.5. The predicted octanol–water partition coefficient (Wildman–Crippen LogP) is 4.59. The number of anilines is 1. The summed E-state index contributed by atoms with van der Waals surface area (Å²) in [5.41, 5.74) is -4.03. The van der Waals surface area contributed by atoms with Crippen molar-refractivity contribution < 1.29 is 50.9 Å². The third-order valence-corrected chi connectivity index (χ3v) is 9.47. The van der Waals surface area contributed by atoms with Crippen LogP contribution >= 0.6 is 0 Å². The summed E-state index contributed by atoms with van der Waals surface area (Å²) in [6.45, 7) is 4.37. The monoisotopic (exact) mass is 743 g/mol. The average molecular weight is 744 g/mol. The van der Waals surface area contributed by atoms with Gasteiger partial charge in [0.25, 0.3) is 11.8 Å². The number of hydrogen-bond acceptors (Lipinski definition) is 11. The van der Waals surface area contributed by atoms with Crippen LogP contribution in [0.3, 0.4) is 0 Å². The molecule has 3 aliphatic heterocycles. The number of amides is 2. The molecule has 3 aromatic rings. The Hall–Kier alpha value is -5.38. The Morgan fingerprint density at radius 2 is 1.89 bits per heavy atom. The summed E-state index contributed by atoms with van der Waals surface area (Å²) >= 11 is 0. The van der Waals surface area contributed by atoms with Crippen LogP contribution < -0.4 is 14.8 Å². The van der Waals surface area contributed by atoms with Crippen LogP contribution in [-0.2, 0) is 27.0 Å². The molecule has 1 aromatic heterocycles. The maximum absolute atomic E-state index is 15.5. The number of nitriles is 1. The van der Waals surface area contributed by atoms with Crippen LogP contribution in [0.15, 0.2) is 47.9 Å². The number of methoxy groups -OCH3 is 1. The minimum absolute atomic E-state index is 0.0978. The van der Waals surface area contributed by atoms with Crippen LogP contribution in [-0.4, -0.2) is 100 Å². The molecule has 2 saturated heterocycles. The number of hydrogen-bond donors (Lipinski definition) is 2. The van der Waals surface area contributed by atoms with Crippen LogP contribution in [0.4, 0.5) is 27.6 Å². The molecule has 4 heterocycles. The van der Waals surface area contributed by atoms with Gasteiger partial charge in [-0.3, -0.25) is 19.5 Å². The van der Waals surface area contributed by atoms with Crippen molar-refractivity contribution in [3.8, 4) is 28.8 Å². The van der Waals surface area contributed by atoms with Gasteiger partial charge in [-0.15, -0.1) is 0 Å². The zero-order valence-corrected chi connectivity index (χ0v) is 28.6. The van der Waals surface area contributed by atoms with Crippen molar-refractivity contribution >= 4 is 17.5 Å². The molecule has 0 aliphatic carbocycles. The van der Waals surface area contributed by atoms with Gasteiger partial charge in [-0.25, -0.2) is 14.4 Å². The van der Waals surface area contributed by atoms with Crippen LogP contribution in [0.2, 0.25) is 0 Å². The van der Waals surface area contributed by atoms with Crippen molar-refractivity contribution in [1.82, 2.24) is 24.9 Å². The Balaban J connectivity index is 1.29. The van der Waals surface area contributed by atoms with Gasteiger partial charge in [-0.05, 0) is 44.0 Å². The molecule has 6 rings (SSSR count). The van der Waals surface area contributed by atoms with E-state index in [0.29, 0.717) is 51.4 Å². The van der Waals surface area contributed by atoms with Crippen molar-refractivity contribution in [2.75, 3.05) is 58.4 Å². The van der Waals surface area contributed by atoms with E-state index in [1.54, 1.807) is 13.0 Å². The first kappa shape index (κ1) is 37.4. The Kier molecular flexibility index (Phi) is 10.5. The molecular weight excluding hydrogens is 709 g/mol. The molecule has 2 fully saturated rings. The molecule has 0 bridgehead atoms. The van der Waals surface area contributed by atoms with E-state index in [1.165, 1.54) is 24.3 Å². The quantitative estimate of drug-likeness (QED) is 0.222. The fourth-order valence-corrected chi connectivity index (χ4v) is 6.62. The second kappa shape index (κ2) is 14.9. The van der Waals surface area contributed by atoms with Gasteiger partial charge < -0.3 is 24.6 Å². The van der Waals surface area contributed by atoms with Gasteiger partial charge in [-0.1, -0.05) is 6.07 Å². The number of ether oxygens (including phenoxy) is 3. The van der Waals surface area contributed by atoms with Crippen LogP contribution in [0.1, 0.15) is 36.7 Å². The molecule has 280 valence electrons. The highest BCUT2D eigenvalue weighted by Gasteiger charge is 2.53. The smallest absolute Gasteiger partial charge is 0.416 e. The van der Waals surface area contributed by atoms with Crippen molar-refractivity contribution in [3.63, 3.8) is 0 Å². The van der Waals surface area contributed by atoms with Gasteiger partial charge in [0, 0.05) is 49.2 Å². The lowest BCUT2D eigenvalue weighted by Gasteiger charge is -2.46. The molecule has 0 saturated carbocycles. The maximum atomic E-state index is 15.5. The Labute approximate surface area is 300 Å². The number of nitrogens with one attached hydrogen (secondary N) is 1. The van der Waals surface area contributed by atoms with Gasteiger partial charge in [0.2, 0.25) is 17.5 Å². The predicted molar refractivity (Wildman–Crippen MR) is 176 cm³/mol. The van der Waals surface area contributed by atoms with Crippen molar-refractivity contribution in [2.45, 2.75) is 38.0 Å². The van der Waals surface area contributed by atoms with E-state index in [9.17, 15) is 33.1 Å². The van der Waals surface area contributed by atoms with Crippen LogP contribution in [0.5, 0.6) is 11.6 Å². The number of aliphatic hydroxyl groups is 1. The second-order valence-corrected chi connectivity index (χ2v) is 12.7. The van der Waals surface area contributed by atoms with E-state index in [0.717, 1.165) is 17.3 Å². The highest BCUT2D eigenvalue weighted by molar-refractivity contribution is 6.24. The van der Waals surface area contributed by atoms with Crippen LogP contribution in [0.25, 0.3) is 11.1 Å². The lowest BCUT2D eigenvalue weighted by Crippen LogP contribution is -2.60. The van der Waals surface area contributed by atoms with E-state index in [-0.39, 0.29) is 59.4 Å². The number of alkyl halides is 3. The van der Waals surface area contributed by atoms with Gasteiger partial charge >= 0.3 is 6.18 Å². The Bertz CT molecular complexity index is 2000. The highest BCUT2D eigenvalue weighted by atomic mass is 19.4. The number of morpholine rings is 1. The summed E-state index contributed by atoms with van der Waals surface area (Å²) in [5, 5.41) is 25.6. The van der Waals surface area contributed by atoms with Crippen molar-refractivity contribution in [3.05, 3.63) is 76.4 Å². The normalized spacial score (nSPS) is 19.6. The fourth-order valence-electron chi connectivity index (χ4n) is 6.62. The Morgan fingerprint density at radius 1 is 1.13 bits per heavy atom. The van der Waals surface area contributed by atoms with E-state index >= 15 is 8.78 Å². The molecule has 1 atom stereocenters. The minimum atomic E-state index is -4.80. The molecule has 2 amide bonds. The van der Waals surface area contributed by atoms with E-state index in [4.69, 9.17) is 14.2 Å². The van der Waals surface area contributed by atoms with Gasteiger partial charge in [0.05, 0.1) is 43.5 Å². The van der Waals surface area contributed by atoms with Crippen LogP contribution in [0, 0.1) is 23.0 Å². The van der Waals surface area contributed by atoms with Gasteiger partial charge in [0.1, 0.15) is 24.0 Å². The van der Waals surface area contributed by atoms with Crippen molar-refractivity contribution in [1.29, 1.82) is 5.26 Å². The molecule has 2 aromatic carbocycles. The molecular formula is C35H34F5N7O6. The lowest BCUT2D eigenvalue weighted by atomic mass is 9.90. The number of nitrogens with zero attached hydrogens (tertiary/aromatic N) is 6. The SMILES string of the molecule is COc1nc(C#N)ncc1-c1cc(C(F)(F)F)ccc1NC(=O)C1=C(O)[C@@]2(C)CCCN2N(Cc2ccc(OCCN3CCOCC3)c(F)c2F)C1=O. The molecule has 0 radical (unpaired) electrons. The zero-order chi connectivity index (χ0) is 38.1. The number of halogens is 5. The number of aliphatic hydroxyl groups excluding tert-OH is 1. The summed E-state index contributed by atoms with van der Waals surface area (Å²) in [4.78, 5) is 37.8. The number of rotatable bonds is 10. The first-order chi connectivity index (χ1) is 25.3. The number of fused-ring (bicyclic) bond motifs is 1. The molecule has 18 heteroatoms. The van der Waals surface area contributed by atoms with E-state index in [2.05, 4.69) is 20.2 Å². The minimum Gasteiger partial charge on any atom is -0.509 e. The molecule has 2 N–H and O–H groups in total. The Morgan fingerprint density at radius 3 is 2.58 bits per heavy atom. The van der Waals surface area contributed by atoms with Crippen molar-refractivity contribution in [2.24, 2.45) is 0 Å². The number of carbonyl (C=O) groups is 2. The van der Waals surface area contributed by atoms with E-state index < -0.39 is 58.6 Å². The highest BCUT2D eigenvalue weighted by Crippen LogP contribution is 2.43. The molecule has 0 spiro atoms. The molecule has 3 aliphatic rings. The van der Waals surface area contributed by atoms with E-state index in [1.807, 2.05) is 0 Å². The molecule has 53 heavy (non-hydrogen) atoms. The third-order valence-electron chi connectivity index (χ3n) is 9.47. The zero-order valence-electron chi connectivity index (χ0n) is 28.6. The second-order valence-electron chi connectivity index (χ2n) is 12.7. The average Bonchev–Trinajstić information content (AvgIpc) is 3.55. The third kappa shape index (κ3) is 7.32. The lowest BCUT2D eigenvalue weighted by molar-refractivity contribution is -0.160. The first-order valence-corrected chi connectivity index (χ1v) is 16.5. The topological polar surface area (TPSA) is 153 Å². The van der Waals surface area contributed by atoms with Gasteiger partial charge in [0.15, 0.2) is 11.6 Å².